The van der Waals surface area contributed by atoms with Crippen molar-refractivity contribution in [3.8, 4) is 11.5 Å². The van der Waals surface area contributed by atoms with Gasteiger partial charge in [-0.25, -0.2) is 0 Å². The Balaban J connectivity index is 2.17. The summed E-state index contributed by atoms with van der Waals surface area (Å²) in [7, 11) is 3.17. The van der Waals surface area contributed by atoms with E-state index >= 15 is 0 Å². The molecule has 0 aliphatic rings. The fourth-order valence-corrected chi connectivity index (χ4v) is 2.60. The van der Waals surface area contributed by atoms with Gasteiger partial charge >= 0.3 is 0 Å². The molecule has 2 aromatic rings. The molecule has 0 bridgehead atoms. The fourth-order valence-electron chi connectivity index (χ4n) is 1.84. The van der Waals surface area contributed by atoms with Crippen molar-refractivity contribution >= 4 is 44.8 Å². The van der Waals surface area contributed by atoms with Gasteiger partial charge in [0.05, 0.1) is 30.0 Å². The highest BCUT2D eigenvalue weighted by molar-refractivity contribution is 9.10. The molecule has 21 heavy (non-hydrogen) atoms. The average molecular weight is 391 g/mol. The summed E-state index contributed by atoms with van der Waals surface area (Å²) >= 11 is 15.6. The number of hydrogen-bond acceptors (Lipinski definition) is 3. The van der Waals surface area contributed by atoms with Crippen molar-refractivity contribution in [2.24, 2.45) is 0 Å². The second-order valence-corrected chi connectivity index (χ2v) is 5.96. The van der Waals surface area contributed by atoms with Crippen LogP contribution in [0.25, 0.3) is 0 Å². The summed E-state index contributed by atoms with van der Waals surface area (Å²) in [5.41, 5.74) is 1.86. The maximum Gasteiger partial charge on any atom is 0.162 e. The molecular weight excluding hydrogens is 377 g/mol. The quantitative estimate of drug-likeness (QED) is 0.742. The van der Waals surface area contributed by atoms with E-state index in [1.54, 1.807) is 20.3 Å². The first kappa shape index (κ1) is 16.3. The lowest BCUT2D eigenvalue weighted by molar-refractivity contribution is 0.355. The standard InChI is InChI=1S/C15H14BrCl2NO2/c1-20-14-6-12(18)13(7-15(14)21-2)19-8-9-3-4-11(17)10(16)5-9/h3-7,19H,8H2,1-2H3. The Labute approximate surface area is 142 Å². The van der Waals surface area contributed by atoms with Gasteiger partial charge in [-0.2, -0.15) is 0 Å². The van der Waals surface area contributed by atoms with Crippen LogP contribution >= 0.6 is 39.1 Å². The number of halogens is 3. The zero-order chi connectivity index (χ0) is 15.4. The minimum absolute atomic E-state index is 0.570. The van der Waals surface area contributed by atoms with Crippen LogP contribution in [0.2, 0.25) is 10.0 Å². The number of nitrogens with one attached hydrogen (secondary N) is 1. The Morgan fingerprint density at radius 2 is 1.67 bits per heavy atom. The average Bonchev–Trinajstić information content (AvgIpc) is 2.49. The molecule has 0 unspecified atom stereocenters. The predicted molar refractivity (Wildman–Crippen MR) is 91.0 cm³/mol. The second-order valence-electron chi connectivity index (χ2n) is 4.29. The zero-order valence-corrected chi connectivity index (χ0v) is 14.6. The van der Waals surface area contributed by atoms with E-state index in [4.69, 9.17) is 32.7 Å². The molecule has 6 heteroatoms. The molecule has 0 atom stereocenters. The van der Waals surface area contributed by atoms with Crippen molar-refractivity contribution in [3.63, 3.8) is 0 Å². The molecule has 0 spiro atoms. The van der Waals surface area contributed by atoms with Crippen molar-refractivity contribution in [2.45, 2.75) is 6.54 Å². The van der Waals surface area contributed by atoms with E-state index in [-0.39, 0.29) is 0 Å². The molecule has 112 valence electrons. The van der Waals surface area contributed by atoms with E-state index < -0.39 is 0 Å². The molecule has 2 aromatic carbocycles. The first-order chi connectivity index (χ1) is 10.0. The third kappa shape index (κ3) is 3.96. The van der Waals surface area contributed by atoms with E-state index in [1.807, 2.05) is 24.3 Å². The van der Waals surface area contributed by atoms with Crippen LogP contribution in [0.4, 0.5) is 5.69 Å². The predicted octanol–water partition coefficient (Wildman–Crippen LogP) is 5.39. The van der Waals surface area contributed by atoms with Crippen LogP contribution < -0.4 is 14.8 Å². The second kappa shape index (κ2) is 7.25. The number of anilines is 1. The summed E-state index contributed by atoms with van der Waals surface area (Å²) in [5, 5.41) is 4.52. The topological polar surface area (TPSA) is 30.5 Å². The Morgan fingerprint density at radius 1 is 1.00 bits per heavy atom. The lowest BCUT2D eigenvalue weighted by Gasteiger charge is -2.13. The zero-order valence-electron chi connectivity index (χ0n) is 11.5. The van der Waals surface area contributed by atoms with Crippen LogP contribution in [0, 0.1) is 0 Å². The number of rotatable bonds is 5. The molecule has 2 rings (SSSR count). The molecule has 0 fully saturated rings. The highest BCUT2D eigenvalue weighted by Gasteiger charge is 2.10. The Kier molecular flexibility index (Phi) is 5.62. The highest BCUT2D eigenvalue weighted by Crippen LogP contribution is 2.36. The summed E-state index contributed by atoms with van der Waals surface area (Å²) < 4.78 is 11.3. The van der Waals surface area contributed by atoms with E-state index in [9.17, 15) is 0 Å². The monoisotopic (exact) mass is 389 g/mol. The van der Waals surface area contributed by atoms with Gasteiger partial charge in [0.15, 0.2) is 11.5 Å². The van der Waals surface area contributed by atoms with E-state index in [1.165, 1.54) is 0 Å². The van der Waals surface area contributed by atoms with Crippen LogP contribution in [0.15, 0.2) is 34.8 Å². The van der Waals surface area contributed by atoms with E-state index in [0.717, 1.165) is 15.7 Å². The number of hydrogen-bond donors (Lipinski definition) is 1. The molecule has 0 aliphatic carbocycles. The van der Waals surface area contributed by atoms with Crippen molar-refractivity contribution in [3.05, 3.63) is 50.4 Å². The van der Waals surface area contributed by atoms with Crippen LogP contribution in [0.3, 0.4) is 0 Å². The van der Waals surface area contributed by atoms with E-state index in [2.05, 4.69) is 21.2 Å². The van der Waals surface area contributed by atoms with Crippen LogP contribution in [0.5, 0.6) is 11.5 Å². The fraction of sp³-hybridized carbons (Fsp3) is 0.200. The summed E-state index contributed by atoms with van der Waals surface area (Å²) in [6.45, 7) is 0.616. The SMILES string of the molecule is COc1cc(Cl)c(NCc2ccc(Cl)c(Br)c2)cc1OC. The third-order valence-electron chi connectivity index (χ3n) is 2.94. The molecule has 0 aliphatic heterocycles. The van der Waals surface area contributed by atoms with Crippen molar-refractivity contribution in [1.29, 1.82) is 0 Å². The maximum absolute atomic E-state index is 6.23. The van der Waals surface area contributed by atoms with Crippen molar-refractivity contribution < 1.29 is 9.47 Å². The Hall–Kier alpha value is -1.10. The highest BCUT2D eigenvalue weighted by atomic mass is 79.9. The summed E-state index contributed by atoms with van der Waals surface area (Å²) in [6, 6.07) is 9.30. The maximum atomic E-state index is 6.23. The molecule has 0 radical (unpaired) electrons. The van der Waals surface area contributed by atoms with Gasteiger partial charge in [0.2, 0.25) is 0 Å². The van der Waals surface area contributed by atoms with Crippen molar-refractivity contribution in [2.75, 3.05) is 19.5 Å². The largest absolute Gasteiger partial charge is 0.493 e. The molecule has 0 amide bonds. The summed E-state index contributed by atoms with van der Waals surface area (Å²) in [5.74, 6) is 1.23. The number of benzene rings is 2. The van der Waals surface area contributed by atoms with Gasteiger partial charge in [0, 0.05) is 23.2 Å². The minimum Gasteiger partial charge on any atom is -0.493 e. The third-order valence-corrected chi connectivity index (χ3v) is 4.47. The lowest BCUT2D eigenvalue weighted by Crippen LogP contribution is -2.01. The molecule has 0 heterocycles. The minimum atomic E-state index is 0.570. The summed E-state index contributed by atoms with van der Waals surface area (Å²) in [6.07, 6.45) is 0. The normalized spacial score (nSPS) is 10.3. The van der Waals surface area contributed by atoms with Crippen LogP contribution in [-0.2, 0) is 6.54 Å². The van der Waals surface area contributed by atoms with Gasteiger partial charge in [0.25, 0.3) is 0 Å². The Bertz CT molecular complexity index is 650. The van der Waals surface area contributed by atoms with Gasteiger partial charge in [-0.15, -0.1) is 0 Å². The van der Waals surface area contributed by atoms with Gasteiger partial charge in [0.1, 0.15) is 0 Å². The number of methoxy groups -OCH3 is 2. The summed E-state index contributed by atoms with van der Waals surface area (Å²) in [4.78, 5) is 0. The number of ether oxygens (including phenoxy) is 2. The first-order valence-corrected chi connectivity index (χ1v) is 7.69. The van der Waals surface area contributed by atoms with Gasteiger partial charge in [-0.1, -0.05) is 29.3 Å². The van der Waals surface area contributed by atoms with E-state index in [0.29, 0.717) is 28.1 Å². The molecule has 0 saturated carbocycles. The smallest absolute Gasteiger partial charge is 0.162 e. The van der Waals surface area contributed by atoms with Gasteiger partial charge in [-0.3, -0.25) is 0 Å². The molecule has 0 saturated heterocycles. The lowest BCUT2D eigenvalue weighted by atomic mass is 10.2. The van der Waals surface area contributed by atoms with Crippen LogP contribution in [0.1, 0.15) is 5.56 Å². The molecular formula is C15H14BrCl2NO2. The molecule has 3 nitrogen and oxygen atoms in total. The first-order valence-electron chi connectivity index (χ1n) is 6.14. The van der Waals surface area contributed by atoms with Gasteiger partial charge < -0.3 is 14.8 Å². The molecule has 0 aromatic heterocycles. The van der Waals surface area contributed by atoms with Gasteiger partial charge in [-0.05, 0) is 33.6 Å². The molecule has 1 N–H and O–H groups in total. The van der Waals surface area contributed by atoms with Crippen molar-refractivity contribution in [1.82, 2.24) is 0 Å². The Morgan fingerprint density at radius 3 is 2.29 bits per heavy atom. The van der Waals surface area contributed by atoms with Crippen LogP contribution in [-0.4, -0.2) is 14.2 Å².